The molecular weight excluding hydrogens is 360 g/mol. The van der Waals surface area contributed by atoms with Crippen molar-refractivity contribution in [1.29, 1.82) is 0 Å². The number of para-hydroxylation sites is 1. The number of benzene rings is 2. The van der Waals surface area contributed by atoms with Crippen molar-refractivity contribution >= 4 is 39.8 Å². The van der Waals surface area contributed by atoms with E-state index in [0.717, 1.165) is 16.8 Å². The second-order valence-electron chi connectivity index (χ2n) is 6.13. The molecule has 3 amide bonds. The number of nitrogens with one attached hydrogen (secondary N) is 3. The Morgan fingerprint density at radius 2 is 1.78 bits per heavy atom. The van der Waals surface area contributed by atoms with Crippen LogP contribution >= 0.6 is 11.3 Å². The lowest BCUT2D eigenvalue weighted by Gasteiger charge is -2.08. The minimum atomic E-state index is -0.373. The Morgan fingerprint density at radius 3 is 2.56 bits per heavy atom. The highest BCUT2D eigenvalue weighted by molar-refractivity contribution is 7.14. The van der Waals surface area contributed by atoms with Gasteiger partial charge in [-0.15, -0.1) is 11.3 Å². The average Bonchev–Trinajstić information content (AvgIpc) is 3.05. The predicted molar refractivity (Wildman–Crippen MR) is 109 cm³/mol. The number of amides is 3. The summed E-state index contributed by atoms with van der Waals surface area (Å²) >= 11 is 1.28. The smallest absolute Gasteiger partial charge is 0.325 e. The molecule has 0 fully saturated rings. The van der Waals surface area contributed by atoms with Crippen molar-refractivity contribution in [3.05, 3.63) is 70.7 Å². The summed E-state index contributed by atoms with van der Waals surface area (Å²) in [6.45, 7) is 3.93. The number of hydrogen-bond acceptors (Lipinski definition) is 4. The second-order valence-corrected chi connectivity index (χ2v) is 6.99. The zero-order valence-corrected chi connectivity index (χ0v) is 15.9. The lowest BCUT2D eigenvalue weighted by atomic mass is 10.1. The van der Waals surface area contributed by atoms with Crippen molar-refractivity contribution in [3.63, 3.8) is 0 Å². The van der Waals surface area contributed by atoms with Crippen LogP contribution in [0.1, 0.15) is 16.8 Å². The fourth-order valence-corrected chi connectivity index (χ4v) is 3.16. The molecule has 0 saturated carbocycles. The van der Waals surface area contributed by atoms with E-state index in [2.05, 4.69) is 20.9 Å². The Balaban J connectivity index is 1.55. The Hall–Kier alpha value is -3.19. The fourth-order valence-electron chi connectivity index (χ4n) is 2.46. The highest BCUT2D eigenvalue weighted by atomic mass is 32.1. The molecule has 0 aliphatic heterocycles. The van der Waals surface area contributed by atoms with E-state index in [0.29, 0.717) is 16.5 Å². The van der Waals surface area contributed by atoms with Crippen molar-refractivity contribution < 1.29 is 9.59 Å². The largest absolute Gasteiger partial charge is 0.325 e. The maximum absolute atomic E-state index is 12.3. The van der Waals surface area contributed by atoms with Gasteiger partial charge in [0.15, 0.2) is 5.13 Å². The van der Waals surface area contributed by atoms with Gasteiger partial charge in [0, 0.05) is 16.8 Å². The van der Waals surface area contributed by atoms with Crippen molar-refractivity contribution in [2.45, 2.75) is 20.3 Å². The molecule has 3 N–H and O–H groups in total. The molecule has 1 aromatic heterocycles. The van der Waals surface area contributed by atoms with E-state index in [4.69, 9.17) is 0 Å². The number of rotatable bonds is 5. The Kier molecular flexibility index (Phi) is 5.83. The molecule has 0 unspecified atom stereocenters. The number of urea groups is 1. The van der Waals surface area contributed by atoms with E-state index >= 15 is 0 Å². The molecule has 3 aromatic rings. The molecular formula is C20H20N4O2S. The Morgan fingerprint density at radius 1 is 1.00 bits per heavy atom. The molecule has 3 rings (SSSR count). The van der Waals surface area contributed by atoms with Crippen LogP contribution in [0.2, 0.25) is 0 Å². The number of hydrogen-bond donors (Lipinski definition) is 3. The van der Waals surface area contributed by atoms with Crippen LogP contribution in [0.25, 0.3) is 0 Å². The maximum atomic E-state index is 12.3. The van der Waals surface area contributed by atoms with Crippen LogP contribution in [0.3, 0.4) is 0 Å². The molecule has 0 aliphatic carbocycles. The molecule has 0 radical (unpaired) electrons. The Labute approximate surface area is 161 Å². The highest BCUT2D eigenvalue weighted by Crippen LogP contribution is 2.19. The summed E-state index contributed by atoms with van der Waals surface area (Å²) in [5.74, 6) is -0.144. The molecule has 27 heavy (non-hydrogen) atoms. The first-order chi connectivity index (χ1) is 13.0. The maximum Gasteiger partial charge on any atom is 0.325 e. The van der Waals surface area contributed by atoms with Gasteiger partial charge in [0.1, 0.15) is 0 Å². The minimum absolute atomic E-state index is 0.144. The van der Waals surface area contributed by atoms with E-state index in [-0.39, 0.29) is 18.4 Å². The van der Waals surface area contributed by atoms with Crippen molar-refractivity contribution in [2.24, 2.45) is 0 Å². The summed E-state index contributed by atoms with van der Waals surface area (Å²) in [4.78, 5) is 28.6. The minimum Gasteiger partial charge on any atom is -0.325 e. The quantitative estimate of drug-likeness (QED) is 0.606. The number of carbonyl (C=O) groups excluding carboxylic acids is 2. The van der Waals surface area contributed by atoms with Gasteiger partial charge in [-0.05, 0) is 43.2 Å². The molecule has 1 heterocycles. The monoisotopic (exact) mass is 380 g/mol. The van der Waals surface area contributed by atoms with E-state index in [9.17, 15) is 9.59 Å². The van der Waals surface area contributed by atoms with Gasteiger partial charge in [-0.1, -0.05) is 30.3 Å². The summed E-state index contributed by atoms with van der Waals surface area (Å²) in [6, 6.07) is 14.7. The number of anilines is 3. The van der Waals surface area contributed by atoms with Gasteiger partial charge in [-0.2, -0.15) is 0 Å². The van der Waals surface area contributed by atoms with Gasteiger partial charge < -0.3 is 10.6 Å². The Bertz CT molecular complexity index is 954. The molecule has 2 aromatic carbocycles. The normalized spacial score (nSPS) is 10.3. The fraction of sp³-hybridized carbons (Fsp3) is 0.150. The molecule has 0 saturated heterocycles. The molecule has 7 heteroatoms. The van der Waals surface area contributed by atoms with Crippen LogP contribution in [0.5, 0.6) is 0 Å². The number of thiazole rings is 1. The lowest BCUT2D eigenvalue weighted by molar-refractivity contribution is -0.115. The summed E-state index contributed by atoms with van der Waals surface area (Å²) in [5.41, 5.74) is 4.20. The first-order valence-electron chi connectivity index (χ1n) is 8.44. The average molecular weight is 380 g/mol. The first kappa shape index (κ1) is 18.6. The standard InChI is InChI=1S/C20H20N4O2S/c1-13-8-9-14(2)17(10-13)23-18(25)11-16-12-27-20(22-16)24-19(26)21-15-6-4-3-5-7-15/h3-10,12H,11H2,1-2H3,(H,23,25)(H2,21,22,24,26). The predicted octanol–water partition coefficient (Wildman–Crippen LogP) is 4.59. The molecule has 0 aliphatic rings. The van der Waals surface area contributed by atoms with Gasteiger partial charge in [-0.25, -0.2) is 9.78 Å². The van der Waals surface area contributed by atoms with Crippen molar-refractivity contribution in [3.8, 4) is 0 Å². The zero-order valence-electron chi connectivity index (χ0n) is 15.1. The summed E-state index contributed by atoms with van der Waals surface area (Å²) in [6.07, 6.45) is 0.145. The van der Waals surface area contributed by atoms with Gasteiger partial charge in [0.05, 0.1) is 12.1 Å². The van der Waals surface area contributed by atoms with E-state index in [1.165, 1.54) is 11.3 Å². The lowest BCUT2D eigenvalue weighted by Crippen LogP contribution is -2.19. The van der Waals surface area contributed by atoms with Gasteiger partial charge in [0.25, 0.3) is 0 Å². The molecule has 138 valence electrons. The molecule has 0 atom stereocenters. The van der Waals surface area contributed by atoms with Crippen LogP contribution in [0, 0.1) is 13.8 Å². The van der Waals surface area contributed by atoms with Crippen LogP contribution in [0.15, 0.2) is 53.9 Å². The molecule has 0 spiro atoms. The summed E-state index contributed by atoms with van der Waals surface area (Å²) in [5, 5.41) is 10.5. The van der Waals surface area contributed by atoms with Crippen LogP contribution < -0.4 is 16.0 Å². The van der Waals surface area contributed by atoms with Gasteiger partial charge >= 0.3 is 6.03 Å². The number of nitrogens with zero attached hydrogens (tertiary/aromatic N) is 1. The summed E-state index contributed by atoms with van der Waals surface area (Å²) < 4.78 is 0. The third-order valence-electron chi connectivity index (χ3n) is 3.81. The van der Waals surface area contributed by atoms with Crippen LogP contribution in [0.4, 0.5) is 21.3 Å². The number of carbonyl (C=O) groups is 2. The third kappa shape index (κ3) is 5.39. The third-order valence-corrected chi connectivity index (χ3v) is 4.62. The highest BCUT2D eigenvalue weighted by Gasteiger charge is 2.11. The van der Waals surface area contributed by atoms with E-state index in [1.54, 1.807) is 17.5 Å². The second kappa shape index (κ2) is 8.46. The molecule has 6 nitrogen and oxygen atoms in total. The van der Waals surface area contributed by atoms with E-state index in [1.807, 2.05) is 50.2 Å². The van der Waals surface area contributed by atoms with Crippen LogP contribution in [-0.4, -0.2) is 16.9 Å². The number of aryl methyl sites for hydroxylation is 2. The first-order valence-corrected chi connectivity index (χ1v) is 9.32. The van der Waals surface area contributed by atoms with E-state index < -0.39 is 0 Å². The summed E-state index contributed by atoms with van der Waals surface area (Å²) in [7, 11) is 0. The SMILES string of the molecule is Cc1ccc(C)c(NC(=O)Cc2csc(NC(=O)Nc3ccccc3)n2)c1. The topological polar surface area (TPSA) is 83.1 Å². The number of aromatic nitrogens is 1. The zero-order chi connectivity index (χ0) is 19.2. The van der Waals surface area contributed by atoms with Gasteiger partial charge in [0.2, 0.25) is 5.91 Å². The van der Waals surface area contributed by atoms with Crippen molar-refractivity contribution in [2.75, 3.05) is 16.0 Å². The van der Waals surface area contributed by atoms with Crippen molar-refractivity contribution in [1.82, 2.24) is 4.98 Å². The van der Waals surface area contributed by atoms with Gasteiger partial charge in [-0.3, -0.25) is 10.1 Å². The molecule has 0 bridgehead atoms. The van der Waals surface area contributed by atoms with Crippen LogP contribution in [-0.2, 0) is 11.2 Å².